The summed E-state index contributed by atoms with van der Waals surface area (Å²) in [6.07, 6.45) is -0.834. The number of esters is 1. The third-order valence-corrected chi connectivity index (χ3v) is 3.10. The van der Waals surface area contributed by atoms with Crippen molar-refractivity contribution in [2.24, 2.45) is 0 Å². The fourth-order valence-electron chi connectivity index (χ4n) is 2.12. The third kappa shape index (κ3) is 3.46. The van der Waals surface area contributed by atoms with Crippen LogP contribution in [-0.2, 0) is 14.2 Å². The lowest BCUT2D eigenvalue weighted by molar-refractivity contribution is -0.148. The second-order valence-corrected chi connectivity index (χ2v) is 5.41. The standard InChI is InChI=1S/C16H20O4/c1-11(2)14(13-10-18-16(3,4)20-13)19-15(17)12-8-6-5-7-9-12/h5-9,13-14H,1,10H2,2-4H3/t13-,14+/m0/s1. The Morgan fingerprint density at radius 3 is 2.55 bits per heavy atom. The lowest BCUT2D eigenvalue weighted by Gasteiger charge is -2.24. The van der Waals surface area contributed by atoms with Gasteiger partial charge in [-0.15, -0.1) is 0 Å². The molecule has 1 saturated heterocycles. The molecule has 108 valence electrons. The molecular formula is C16H20O4. The number of hydrogen-bond acceptors (Lipinski definition) is 4. The molecular weight excluding hydrogens is 256 g/mol. The number of rotatable bonds is 4. The van der Waals surface area contributed by atoms with Gasteiger partial charge in [0.15, 0.2) is 11.9 Å². The highest BCUT2D eigenvalue weighted by atomic mass is 16.8. The van der Waals surface area contributed by atoms with Crippen molar-refractivity contribution in [3.8, 4) is 0 Å². The molecule has 0 N–H and O–H groups in total. The molecule has 0 aromatic heterocycles. The number of ether oxygens (including phenoxy) is 3. The van der Waals surface area contributed by atoms with E-state index < -0.39 is 11.9 Å². The minimum absolute atomic E-state index is 0.324. The van der Waals surface area contributed by atoms with Crippen LogP contribution in [0.5, 0.6) is 0 Å². The molecule has 0 aliphatic carbocycles. The van der Waals surface area contributed by atoms with Gasteiger partial charge in [0, 0.05) is 0 Å². The van der Waals surface area contributed by atoms with Crippen molar-refractivity contribution in [2.75, 3.05) is 6.61 Å². The van der Waals surface area contributed by atoms with Gasteiger partial charge in [0.2, 0.25) is 0 Å². The Morgan fingerprint density at radius 2 is 2.05 bits per heavy atom. The summed E-state index contributed by atoms with van der Waals surface area (Å²) in [7, 11) is 0. The molecule has 2 rings (SSSR count). The molecule has 0 amide bonds. The highest BCUT2D eigenvalue weighted by Crippen LogP contribution is 2.28. The second kappa shape index (κ2) is 5.77. The van der Waals surface area contributed by atoms with Crippen LogP contribution in [0, 0.1) is 0 Å². The zero-order valence-electron chi connectivity index (χ0n) is 12.1. The van der Waals surface area contributed by atoms with Crippen LogP contribution >= 0.6 is 0 Å². The molecule has 0 spiro atoms. The Kier molecular flexibility index (Phi) is 4.26. The molecule has 2 atom stereocenters. The topological polar surface area (TPSA) is 44.8 Å². The summed E-state index contributed by atoms with van der Waals surface area (Å²) in [6.45, 7) is 9.75. The molecule has 20 heavy (non-hydrogen) atoms. The summed E-state index contributed by atoms with van der Waals surface area (Å²) in [5, 5.41) is 0. The van der Waals surface area contributed by atoms with Gasteiger partial charge < -0.3 is 14.2 Å². The maximum Gasteiger partial charge on any atom is 0.338 e. The van der Waals surface area contributed by atoms with Crippen molar-refractivity contribution in [3.63, 3.8) is 0 Å². The van der Waals surface area contributed by atoms with E-state index in [0.29, 0.717) is 12.2 Å². The predicted octanol–water partition coefficient (Wildman–Crippen LogP) is 2.94. The van der Waals surface area contributed by atoms with Gasteiger partial charge in [0.25, 0.3) is 0 Å². The third-order valence-electron chi connectivity index (χ3n) is 3.10. The Bertz CT molecular complexity index is 492. The first-order chi connectivity index (χ1) is 9.39. The number of benzene rings is 1. The average Bonchev–Trinajstić information content (AvgIpc) is 2.76. The number of hydrogen-bond donors (Lipinski definition) is 0. The van der Waals surface area contributed by atoms with E-state index in [1.165, 1.54) is 0 Å². The lowest BCUT2D eigenvalue weighted by Crippen LogP contribution is -2.35. The van der Waals surface area contributed by atoms with E-state index in [0.717, 1.165) is 5.57 Å². The van der Waals surface area contributed by atoms with Crippen molar-refractivity contribution >= 4 is 5.97 Å². The summed E-state index contributed by atoms with van der Waals surface area (Å²) >= 11 is 0. The molecule has 1 fully saturated rings. The summed E-state index contributed by atoms with van der Waals surface area (Å²) in [4.78, 5) is 12.1. The van der Waals surface area contributed by atoms with E-state index >= 15 is 0 Å². The molecule has 4 heteroatoms. The summed E-state index contributed by atoms with van der Waals surface area (Å²) in [6, 6.07) is 8.88. The molecule has 0 saturated carbocycles. The van der Waals surface area contributed by atoms with E-state index in [1.54, 1.807) is 24.3 Å². The van der Waals surface area contributed by atoms with Gasteiger partial charge in [-0.05, 0) is 38.5 Å². The minimum atomic E-state index is -0.655. The van der Waals surface area contributed by atoms with Gasteiger partial charge >= 0.3 is 5.97 Å². The van der Waals surface area contributed by atoms with Gasteiger partial charge in [0.1, 0.15) is 6.10 Å². The first kappa shape index (κ1) is 14.8. The second-order valence-electron chi connectivity index (χ2n) is 5.41. The summed E-state index contributed by atoms with van der Waals surface area (Å²) in [5.74, 6) is -1.04. The Balaban J connectivity index is 2.07. The van der Waals surface area contributed by atoms with Crippen LogP contribution in [0.2, 0.25) is 0 Å². The molecule has 1 heterocycles. The summed E-state index contributed by atoms with van der Waals surface area (Å²) in [5.41, 5.74) is 1.25. The van der Waals surface area contributed by atoms with Crippen molar-refractivity contribution in [2.45, 2.75) is 38.8 Å². The monoisotopic (exact) mass is 276 g/mol. The Morgan fingerprint density at radius 1 is 1.40 bits per heavy atom. The molecule has 1 aromatic carbocycles. The number of carbonyl (C=O) groups excluding carboxylic acids is 1. The largest absolute Gasteiger partial charge is 0.451 e. The maximum absolute atomic E-state index is 12.1. The van der Waals surface area contributed by atoms with Crippen LogP contribution in [0.4, 0.5) is 0 Å². The predicted molar refractivity (Wildman–Crippen MR) is 75.4 cm³/mol. The zero-order valence-corrected chi connectivity index (χ0v) is 12.1. The lowest BCUT2D eigenvalue weighted by atomic mass is 10.1. The van der Waals surface area contributed by atoms with Crippen LogP contribution in [0.25, 0.3) is 0 Å². The van der Waals surface area contributed by atoms with Crippen molar-refractivity contribution in [1.29, 1.82) is 0 Å². The zero-order chi connectivity index (χ0) is 14.8. The van der Waals surface area contributed by atoms with Crippen LogP contribution in [0.3, 0.4) is 0 Å². The van der Waals surface area contributed by atoms with E-state index in [4.69, 9.17) is 14.2 Å². The highest BCUT2D eigenvalue weighted by Gasteiger charge is 2.39. The Labute approximate surface area is 119 Å². The van der Waals surface area contributed by atoms with Gasteiger partial charge in [0.05, 0.1) is 12.2 Å². The van der Waals surface area contributed by atoms with E-state index in [9.17, 15) is 4.79 Å². The normalized spacial score (nSPS) is 22.2. The smallest absolute Gasteiger partial charge is 0.338 e. The van der Waals surface area contributed by atoms with Crippen LogP contribution in [0.1, 0.15) is 31.1 Å². The fourth-order valence-corrected chi connectivity index (χ4v) is 2.12. The van der Waals surface area contributed by atoms with Gasteiger partial charge in [-0.1, -0.05) is 24.8 Å². The van der Waals surface area contributed by atoms with E-state index in [1.807, 2.05) is 26.8 Å². The van der Waals surface area contributed by atoms with E-state index in [2.05, 4.69) is 6.58 Å². The molecule has 1 aromatic rings. The SMILES string of the molecule is C=C(C)[C@@H](OC(=O)c1ccccc1)[C@@H]1COC(C)(C)O1. The molecule has 0 unspecified atom stereocenters. The maximum atomic E-state index is 12.1. The van der Waals surface area contributed by atoms with Crippen LogP contribution in [0.15, 0.2) is 42.5 Å². The van der Waals surface area contributed by atoms with Gasteiger partial charge in [-0.3, -0.25) is 0 Å². The highest BCUT2D eigenvalue weighted by molar-refractivity contribution is 5.89. The van der Waals surface area contributed by atoms with Gasteiger partial charge in [-0.25, -0.2) is 4.79 Å². The van der Waals surface area contributed by atoms with Crippen LogP contribution < -0.4 is 0 Å². The molecule has 0 bridgehead atoms. The average molecular weight is 276 g/mol. The molecule has 1 aliphatic heterocycles. The molecule has 0 radical (unpaired) electrons. The van der Waals surface area contributed by atoms with Crippen molar-refractivity contribution in [1.82, 2.24) is 0 Å². The van der Waals surface area contributed by atoms with E-state index in [-0.39, 0.29) is 12.1 Å². The van der Waals surface area contributed by atoms with Crippen molar-refractivity contribution in [3.05, 3.63) is 48.0 Å². The molecule has 4 nitrogen and oxygen atoms in total. The Hall–Kier alpha value is -1.65. The first-order valence-corrected chi connectivity index (χ1v) is 6.62. The van der Waals surface area contributed by atoms with Crippen molar-refractivity contribution < 1.29 is 19.0 Å². The summed E-state index contributed by atoms with van der Waals surface area (Å²) < 4.78 is 16.8. The number of carbonyl (C=O) groups is 1. The molecule has 1 aliphatic rings. The minimum Gasteiger partial charge on any atom is -0.451 e. The first-order valence-electron chi connectivity index (χ1n) is 6.62. The quantitative estimate of drug-likeness (QED) is 0.626. The fraction of sp³-hybridized carbons (Fsp3) is 0.438. The van der Waals surface area contributed by atoms with Crippen LogP contribution in [-0.4, -0.2) is 30.6 Å². The van der Waals surface area contributed by atoms with Gasteiger partial charge in [-0.2, -0.15) is 0 Å².